The summed E-state index contributed by atoms with van der Waals surface area (Å²) in [6.45, 7) is 12.7. The molecule has 0 radical (unpaired) electrons. The number of amides is 4. The Morgan fingerprint density at radius 1 is 1.28 bits per heavy atom. The van der Waals surface area contributed by atoms with Gasteiger partial charge in [-0.2, -0.15) is 0 Å². The van der Waals surface area contributed by atoms with Crippen LogP contribution in [0.1, 0.15) is 38.8 Å². The standard InChI is InChI=1S/C26H36ClN5O4/c1-5-12-28-25(34)31-15-14-30(16-18(31)4)17-21-22(24(33)36-7-3)23(19-10-8-9-11-20(19)27)29-26(35)32(21)13-6-2/h6,8-11,18,23H,2,5,7,12-17H2,1,3-4H3,(H,28,34)(H,29,35)/t18-,23+/m1/s1. The van der Waals surface area contributed by atoms with Crippen molar-refractivity contribution in [2.24, 2.45) is 0 Å². The van der Waals surface area contributed by atoms with Gasteiger partial charge in [-0.1, -0.05) is 42.8 Å². The van der Waals surface area contributed by atoms with Crippen molar-refractivity contribution < 1.29 is 19.1 Å². The molecule has 4 amide bonds. The van der Waals surface area contributed by atoms with Crippen LogP contribution in [0, 0.1) is 0 Å². The lowest BCUT2D eigenvalue weighted by molar-refractivity contribution is -0.139. The van der Waals surface area contributed by atoms with Gasteiger partial charge in [0.15, 0.2) is 0 Å². The van der Waals surface area contributed by atoms with Crippen LogP contribution >= 0.6 is 11.6 Å². The minimum atomic E-state index is -0.750. The van der Waals surface area contributed by atoms with Gasteiger partial charge in [0.2, 0.25) is 0 Å². The summed E-state index contributed by atoms with van der Waals surface area (Å²) < 4.78 is 5.44. The molecule has 1 fully saturated rings. The second-order valence-electron chi connectivity index (χ2n) is 8.89. The zero-order chi connectivity index (χ0) is 26.2. The van der Waals surface area contributed by atoms with Crippen LogP contribution in [0.4, 0.5) is 9.59 Å². The highest BCUT2D eigenvalue weighted by atomic mass is 35.5. The average Bonchev–Trinajstić information content (AvgIpc) is 2.85. The van der Waals surface area contributed by atoms with Crippen molar-refractivity contribution in [1.82, 2.24) is 25.3 Å². The molecule has 196 valence electrons. The zero-order valence-corrected chi connectivity index (χ0v) is 22.0. The molecule has 0 aliphatic carbocycles. The Kier molecular flexibility index (Phi) is 9.78. The minimum Gasteiger partial charge on any atom is -0.463 e. The molecule has 2 atom stereocenters. The van der Waals surface area contributed by atoms with E-state index in [1.54, 1.807) is 31.2 Å². The topological polar surface area (TPSA) is 94.2 Å². The van der Waals surface area contributed by atoms with Crippen molar-refractivity contribution in [1.29, 1.82) is 0 Å². The maximum Gasteiger partial charge on any atom is 0.338 e. The number of urea groups is 2. The molecule has 9 nitrogen and oxygen atoms in total. The van der Waals surface area contributed by atoms with Crippen LogP contribution < -0.4 is 10.6 Å². The maximum atomic E-state index is 13.3. The molecule has 2 heterocycles. The molecule has 36 heavy (non-hydrogen) atoms. The quantitative estimate of drug-likeness (QED) is 0.386. The smallest absolute Gasteiger partial charge is 0.338 e. The van der Waals surface area contributed by atoms with Crippen LogP contribution in [0.15, 0.2) is 48.2 Å². The molecule has 1 saturated heterocycles. The van der Waals surface area contributed by atoms with Crippen molar-refractivity contribution in [3.05, 3.63) is 58.8 Å². The Balaban J connectivity index is 1.97. The number of halogens is 1. The Labute approximate surface area is 218 Å². The number of carbonyl (C=O) groups excluding carboxylic acids is 3. The van der Waals surface area contributed by atoms with Gasteiger partial charge >= 0.3 is 18.0 Å². The molecule has 2 N–H and O–H groups in total. The van der Waals surface area contributed by atoms with Gasteiger partial charge in [-0.05, 0) is 31.9 Å². The van der Waals surface area contributed by atoms with E-state index < -0.39 is 12.0 Å². The number of rotatable bonds is 9. The van der Waals surface area contributed by atoms with Crippen LogP contribution in [0.3, 0.4) is 0 Å². The molecule has 0 bridgehead atoms. The first kappa shape index (κ1) is 27.5. The van der Waals surface area contributed by atoms with Gasteiger partial charge in [-0.15, -0.1) is 6.58 Å². The number of benzene rings is 1. The molecule has 0 saturated carbocycles. The zero-order valence-electron chi connectivity index (χ0n) is 21.3. The molecule has 0 spiro atoms. The van der Waals surface area contributed by atoms with E-state index in [2.05, 4.69) is 22.1 Å². The van der Waals surface area contributed by atoms with Gasteiger partial charge in [0.25, 0.3) is 0 Å². The molecule has 1 aromatic rings. The fourth-order valence-electron chi connectivity index (χ4n) is 4.61. The lowest BCUT2D eigenvalue weighted by Crippen LogP contribution is -2.58. The van der Waals surface area contributed by atoms with Gasteiger partial charge in [0.05, 0.1) is 18.2 Å². The van der Waals surface area contributed by atoms with Crippen molar-refractivity contribution in [2.45, 2.75) is 39.3 Å². The molecule has 0 aromatic heterocycles. The lowest BCUT2D eigenvalue weighted by Gasteiger charge is -2.42. The molecule has 2 aliphatic heterocycles. The summed E-state index contributed by atoms with van der Waals surface area (Å²) in [4.78, 5) is 44.6. The van der Waals surface area contributed by atoms with E-state index in [-0.39, 0.29) is 31.3 Å². The van der Waals surface area contributed by atoms with Crippen molar-refractivity contribution in [3.63, 3.8) is 0 Å². The Morgan fingerprint density at radius 2 is 2.03 bits per heavy atom. The number of esters is 1. The van der Waals surface area contributed by atoms with Gasteiger partial charge in [-0.25, -0.2) is 14.4 Å². The van der Waals surface area contributed by atoms with Crippen molar-refractivity contribution in [3.8, 4) is 0 Å². The molecule has 1 aromatic carbocycles. The number of ether oxygens (including phenoxy) is 1. The van der Waals surface area contributed by atoms with E-state index in [4.69, 9.17) is 16.3 Å². The van der Waals surface area contributed by atoms with Gasteiger partial charge in [0, 0.05) is 56.0 Å². The summed E-state index contributed by atoms with van der Waals surface area (Å²) in [5, 5.41) is 6.31. The van der Waals surface area contributed by atoms with Crippen molar-refractivity contribution >= 4 is 29.6 Å². The van der Waals surface area contributed by atoms with Crippen LogP contribution in [0.2, 0.25) is 5.02 Å². The number of hydrogen-bond donors (Lipinski definition) is 2. The first-order valence-corrected chi connectivity index (χ1v) is 12.8. The highest BCUT2D eigenvalue weighted by molar-refractivity contribution is 6.31. The van der Waals surface area contributed by atoms with Crippen LogP contribution in [0.5, 0.6) is 0 Å². The van der Waals surface area contributed by atoms with E-state index in [1.807, 2.05) is 24.8 Å². The average molecular weight is 518 g/mol. The fourth-order valence-corrected chi connectivity index (χ4v) is 4.86. The third-order valence-corrected chi connectivity index (χ3v) is 6.68. The van der Waals surface area contributed by atoms with Gasteiger partial charge < -0.3 is 20.3 Å². The fraction of sp³-hybridized carbons (Fsp3) is 0.500. The highest BCUT2D eigenvalue weighted by Gasteiger charge is 2.40. The SMILES string of the molecule is C=CCN1C(=O)N[C@@H](c2ccccc2Cl)C(C(=O)OCC)=C1CN1CCN(C(=O)NCCC)[C@H](C)C1. The number of nitrogens with one attached hydrogen (secondary N) is 2. The van der Waals surface area contributed by atoms with E-state index >= 15 is 0 Å². The number of hydrogen-bond acceptors (Lipinski definition) is 5. The van der Waals surface area contributed by atoms with Gasteiger partial charge in [-0.3, -0.25) is 9.80 Å². The van der Waals surface area contributed by atoms with Gasteiger partial charge in [0.1, 0.15) is 0 Å². The summed E-state index contributed by atoms with van der Waals surface area (Å²) in [5.74, 6) is -0.503. The molecular weight excluding hydrogens is 482 g/mol. The third kappa shape index (κ3) is 6.20. The van der Waals surface area contributed by atoms with E-state index in [0.29, 0.717) is 54.6 Å². The molecule has 10 heteroatoms. The molecule has 0 unspecified atom stereocenters. The largest absolute Gasteiger partial charge is 0.463 e. The first-order valence-electron chi connectivity index (χ1n) is 12.4. The van der Waals surface area contributed by atoms with E-state index in [0.717, 1.165) is 6.42 Å². The Morgan fingerprint density at radius 3 is 2.67 bits per heavy atom. The third-order valence-electron chi connectivity index (χ3n) is 6.33. The van der Waals surface area contributed by atoms with Crippen LogP contribution in [0.25, 0.3) is 0 Å². The normalized spacial score (nSPS) is 20.7. The van der Waals surface area contributed by atoms with Crippen LogP contribution in [-0.4, -0.2) is 84.6 Å². The van der Waals surface area contributed by atoms with E-state index in [1.165, 1.54) is 4.90 Å². The molecule has 3 rings (SSSR count). The summed E-state index contributed by atoms with van der Waals surface area (Å²) in [5.41, 5.74) is 1.53. The maximum absolute atomic E-state index is 13.3. The predicted molar refractivity (Wildman–Crippen MR) is 140 cm³/mol. The molecule has 2 aliphatic rings. The summed E-state index contributed by atoms with van der Waals surface area (Å²) in [6.07, 6.45) is 2.50. The number of carbonyl (C=O) groups is 3. The summed E-state index contributed by atoms with van der Waals surface area (Å²) in [7, 11) is 0. The number of nitrogens with zero attached hydrogens (tertiary/aromatic N) is 3. The Hall–Kier alpha value is -3.04. The first-order chi connectivity index (χ1) is 17.3. The minimum absolute atomic E-state index is 0.0353. The summed E-state index contributed by atoms with van der Waals surface area (Å²) >= 11 is 6.48. The second-order valence-corrected chi connectivity index (χ2v) is 9.30. The molecular formula is C26H36ClN5O4. The monoisotopic (exact) mass is 517 g/mol. The highest BCUT2D eigenvalue weighted by Crippen LogP contribution is 2.35. The van der Waals surface area contributed by atoms with E-state index in [9.17, 15) is 14.4 Å². The van der Waals surface area contributed by atoms with Crippen LogP contribution in [-0.2, 0) is 9.53 Å². The second kappa shape index (κ2) is 12.8. The Bertz CT molecular complexity index is 1010. The predicted octanol–water partition coefficient (Wildman–Crippen LogP) is 3.54. The number of piperazine rings is 1. The lowest BCUT2D eigenvalue weighted by atomic mass is 9.94. The van der Waals surface area contributed by atoms with Crippen molar-refractivity contribution in [2.75, 3.05) is 45.9 Å². The summed E-state index contributed by atoms with van der Waals surface area (Å²) in [6, 6.07) is 5.94.